The van der Waals surface area contributed by atoms with Crippen LogP contribution in [0.5, 0.6) is 0 Å². The van der Waals surface area contributed by atoms with Crippen LogP contribution in [0, 0.1) is 5.82 Å². The summed E-state index contributed by atoms with van der Waals surface area (Å²) in [6, 6.07) is 10.5. The second-order valence-corrected chi connectivity index (χ2v) is 8.33. The van der Waals surface area contributed by atoms with Crippen LogP contribution in [0.2, 0.25) is 5.02 Å². The summed E-state index contributed by atoms with van der Waals surface area (Å²) in [5, 5.41) is 4.02. The normalized spacial score (nSPS) is 12.0. The third-order valence-electron chi connectivity index (χ3n) is 5.00. The van der Waals surface area contributed by atoms with Crippen molar-refractivity contribution < 1.29 is 9.18 Å². The number of H-pyrrole nitrogens is 1. The molecule has 0 unspecified atom stereocenters. The summed E-state index contributed by atoms with van der Waals surface area (Å²) in [4.78, 5) is 34.8. The van der Waals surface area contributed by atoms with E-state index >= 15 is 0 Å². The number of benzene rings is 2. The molecule has 158 valence electrons. The van der Waals surface area contributed by atoms with Gasteiger partial charge in [0.05, 0.1) is 23.1 Å². The molecule has 2 aromatic heterocycles. The van der Waals surface area contributed by atoms with Gasteiger partial charge in [-0.25, -0.2) is 9.18 Å². The van der Waals surface area contributed by atoms with Crippen molar-refractivity contribution in [1.29, 1.82) is 0 Å². The number of amides is 2. The van der Waals surface area contributed by atoms with Crippen LogP contribution in [0.25, 0.3) is 10.8 Å². The molecule has 2 amide bonds. The molecule has 0 saturated carbocycles. The molecule has 2 heterocycles. The molecule has 0 saturated heterocycles. The molecule has 9 heteroatoms. The zero-order chi connectivity index (χ0) is 22.0. The summed E-state index contributed by atoms with van der Waals surface area (Å²) in [7, 11) is 0. The molecule has 0 aliphatic heterocycles. The number of rotatable bonds is 5. The number of carbonyl (C=O) groups is 1. The number of fused-ring (bicyclic) bond motifs is 1. The molecule has 2 N–H and O–H groups in total. The van der Waals surface area contributed by atoms with Crippen molar-refractivity contribution in [3.05, 3.63) is 92.0 Å². The molecule has 2 aromatic carbocycles. The SMILES string of the molecule is C[C@H](c1c[nH]c(=O)c2ccccc12)N(Cc1cncs1)C(=O)Nc1ccc(F)c(Cl)c1. The highest BCUT2D eigenvalue weighted by molar-refractivity contribution is 7.09. The highest BCUT2D eigenvalue weighted by atomic mass is 35.5. The summed E-state index contributed by atoms with van der Waals surface area (Å²) >= 11 is 7.29. The molecule has 0 radical (unpaired) electrons. The highest BCUT2D eigenvalue weighted by Crippen LogP contribution is 2.29. The number of nitrogens with one attached hydrogen (secondary N) is 2. The van der Waals surface area contributed by atoms with Gasteiger partial charge < -0.3 is 15.2 Å². The number of anilines is 1. The Morgan fingerprint density at radius 2 is 2.06 bits per heavy atom. The molecule has 0 aliphatic carbocycles. The van der Waals surface area contributed by atoms with Crippen LogP contribution in [-0.2, 0) is 6.54 Å². The van der Waals surface area contributed by atoms with Crippen LogP contribution >= 0.6 is 22.9 Å². The number of hydrogen-bond acceptors (Lipinski definition) is 4. The van der Waals surface area contributed by atoms with Gasteiger partial charge in [-0.3, -0.25) is 9.78 Å². The van der Waals surface area contributed by atoms with Crippen molar-refractivity contribution in [2.45, 2.75) is 19.5 Å². The number of aromatic nitrogens is 2. The number of nitrogens with zero attached hydrogens (tertiary/aromatic N) is 2. The molecule has 0 bridgehead atoms. The molecule has 0 fully saturated rings. The Labute approximate surface area is 186 Å². The summed E-state index contributed by atoms with van der Waals surface area (Å²) in [5.41, 5.74) is 2.69. The average Bonchev–Trinajstić information content (AvgIpc) is 3.28. The van der Waals surface area contributed by atoms with Gasteiger partial charge in [-0.2, -0.15) is 0 Å². The predicted molar refractivity (Wildman–Crippen MR) is 121 cm³/mol. The van der Waals surface area contributed by atoms with Gasteiger partial charge in [0, 0.05) is 28.3 Å². The van der Waals surface area contributed by atoms with E-state index in [0.717, 1.165) is 15.8 Å². The standard InChI is InChI=1S/C22H18ClFN4O2S/c1-13(18-10-26-21(29)17-5-3-2-4-16(17)18)28(11-15-9-25-12-31-15)22(30)27-14-6-7-20(24)19(23)8-14/h2-10,12-13H,11H2,1H3,(H,26,29)(H,27,30)/t13-/m1/s1. The molecule has 4 rings (SSSR count). The number of aromatic amines is 1. The van der Waals surface area contributed by atoms with Gasteiger partial charge in [0.2, 0.25) is 0 Å². The van der Waals surface area contributed by atoms with Crippen LogP contribution < -0.4 is 10.9 Å². The molecule has 0 aliphatic rings. The Morgan fingerprint density at radius 1 is 1.29 bits per heavy atom. The van der Waals surface area contributed by atoms with E-state index in [0.29, 0.717) is 17.6 Å². The number of pyridine rings is 1. The van der Waals surface area contributed by atoms with Crippen molar-refractivity contribution in [2.75, 3.05) is 5.32 Å². The summed E-state index contributed by atoms with van der Waals surface area (Å²) in [5.74, 6) is -0.561. The molecule has 4 aromatic rings. The number of halogens is 2. The fourth-order valence-electron chi connectivity index (χ4n) is 3.39. The van der Waals surface area contributed by atoms with Crippen molar-refractivity contribution in [3.63, 3.8) is 0 Å². The maximum absolute atomic E-state index is 13.5. The first-order valence-corrected chi connectivity index (χ1v) is 10.7. The smallest absolute Gasteiger partial charge is 0.322 e. The van der Waals surface area contributed by atoms with Crippen LogP contribution in [0.3, 0.4) is 0 Å². The highest BCUT2D eigenvalue weighted by Gasteiger charge is 2.25. The third-order valence-corrected chi connectivity index (χ3v) is 6.05. The van der Waals surface area contributed by atoms with E-state index in [1.54, 1.807) is 34.9 Å². The topological polar surface area (TPSA) is 78.1 Å². The van der Waals surface area contributed by atoms with Gasteiger partial charge in [0.15, 0.2) is 0 Å². The summed E-state index contributed by atoms with van der Waals surface area (Å²) in [6.45, 7) is 2.19. The Balaban J connectivity index is 1.71. The number of carbonyl (C=O) groups excluding carboxylic acids is 1. The van der Waals surface area contributed by atoms with E-state index in [4.69, 9.17) is 11.6 Å². The Kier molecular flexibility index (Phi) is 6.01. The second kappa shape index (κ2) is 8.87. The molecule has 6 nitrogen and oxygen atoms in total. The number of hydrogen-bond donors (Lipinski definition) is 2. The fraction of sp³-hybridized carbons (Fsp3) is 0.136. The van der Waals surface area contributed by atoms with E-state index in [1.165, 1.54) is 29.5 Å². The Bertz CT molecular complexity index is 1290. The lowest BCUT2D eigenvalue weighted by Crippen LogP contribution is -2.36. The second-order valence-electron chi connectivity index (χ2n) is 6.95. The van der Waals surface area contributed by atoms with Gasteiger partial charge in [-0.1, -0.05) is 29.8 Å². The lowest BCUT2D eigenvalue weighted by Gasteiger charge is -2.30. The molecular formula is C22H18ClFN4O2S. The minimum absolute atomic E-state index is 0.0773. The monoisotopic (exact) mass is 456 g/mol. The van der Waals surface area contributed by atoms with Crippen LogP contribution in [0.15, 0.2) is 65.2 Å². The molecule has 31 heavy (non-hydrogen) atoms. The van der Waals surface area contributed by atoms with Crippen molar-refractivity contribution in [3.8, 4) is 0 Å². The number of thiazole rings is 1. The Morgan fingerprint density at radius 3 is 2.77 bits per heavy atom. The van der Waals surface area contributed by atoms with Crippen molar-refractivity contribution in [2.24, 2.45) is 0 Å². The maximum Gasteiger partial charge on any atom is 0.322 e. The van der Waals surface area contributed by atoms with Crippen molar-refractivity contribution >= 4 is 45.4 Å². The van der Waals surface area contributed by atoms with Crippen molar-refractivity contribution in [1.82, 2.24) is 14.9 Å². The van der Waals surface area contributed by atoms with E-state index in [-0.39, 0.29) is 22.7 Å². The zero-order valence-corrected chi connectivity index (χ0v) is 18.0. The molecule has 0 spiro atoms. The first kappa shape index (κ1) is 21.0. The van der Waals surface area contributed by atoms with E-state index < -0.39 is 5.82 Å². The van der Waals surface area contributed by atoms with Crippen LogP contribution in [0.4, 0.5) is 14.9 Å². The van der Waals surface area contributed by atoms with Gasteiger partial charge in [-0.05, 0) is 42.1 Å². The van der Waals surface area contributed by atoms with Crippen LogP contribution in [0.1, 0.15) is 23.4 Å². The fourth-order valence-corrected chi connectivity index (χ4v) is 4.16. The molecule has 1 atom stereocenters. The molecular weight excluding hydrogens is 439 g/mol. The van der Waals surface area contributed by atoms with E-state index in [2.05, 4.69) is 15.3 Å². The summed E-state index contributed by atoms with van der Waals surface area (Å²) in [6.07, 6.45) is 3.34. The average molecular weight is 457 g/mol. The van der Waals surface area contributed by atoms with Gasteiger partial charge in [-0.15, -0.1) is 11.3 Å². The lowest BCUT2D eigenvalue weighted by molar-refractivity contribution is 0.190. The maximum atomic E-state index is 13.5. The predicted octanol–water partition coefficient (Wildman–Crippen LogP) is 5.57. The van der Waals surface area contributed by atoms with E-state index in [1.807, 2.05) is 19.1 Å². The minimum atomic E-state index is -0.561. The quantitative estimate of drug-likeness (QED) is 0.412. The lowest BCUT2D eigenvalue weighted by atomic mass is 10.0. The van der Waals surface area contributed by atoms with Crippen LogP contribution in [-0.4, -0.2) is 20.9 Å². The summed E-state index contributed by atoms with van der Waals surface area (Å²) < 4.78 is 13.5. The van der Waals surface area contributed by atoms with E-state index in [9.17, 15) is 14.0 Å². The van der Waals surface area contributed by atoms with Gasteiger partial charge in [0.1, 0.15) is 5.82 Å². The minimum Gasteiger partial charge on any atom is -0.328 e. The number of urea groups is 1. The first-order chi connectivity index (χ1) is 14.9. The van der Waals surface area contributed by atoms with Gasteiger partial charge >= 0.3 is 6.03 Å². The largest absolute Gasteiger partial charge is 0.328 e. The van der Waals surface area contributed by atoms with Gasteiger partial charge in [0.25, 0.3) is 5.56 Å². The Hall–Kier alpha value is -3.23. The first-order valence-electron chi connectivity index (χ1n) is 9.44. The zero-order valence-electron chi connectivity index (χ0n) is 16.4. The third kappa shape index (κ3) is 4.45.